The molecule has 0 aliphatic carbocycles. The van der Waals surface area contributed by atoms with Crippen molar-refractivity contribution in [2.75, 3.05) is 19.0 Å². The molecule has 2 atom stereocenters. The van der Waals surface area contributed by atoms with E-state index < -0.39 is 12.0 Å². The summed E-state index contributed by atoms with van der Waals surface area (Å²) in [6.07, 6.45) is 4.25. The lowest BCUT2D eigenvalue weighted by atomic mass is 9.99. The van der Waals surface area contributed by atoms with Crippen LogP contribution >= 0.6 is 0 Å². The van der Waals surface area contributed by atoms with Gasteiger partial charge in [-0.3, -0.25) is 10.1 Å². The second-order valence-corrected chi connectivity index (χ2v) is 4.87. The number of carboxylic acid groups (broad SMARTS) is 1. The molecule has 6 nitrogen and oxygen atoms in total. The van der Waals surface area contributed by atoms with Gasteiger partial charge in [0.15, 0.2) is 0 Å². The van der Waals surface area contributed by atoms with Crippen LogP contribution in [-0.2, 0) is 11.3 Å². The monoisotopic (exact) mass is 266 g/mol. The predicted molar refractivity (Wildman–Crippen MR) is 74.1 cm³/mol. The molecule has 0 aliphatic heterocycles. The van der Waals surface area contributed by atoms with Crippen molar-refractivity contribution in [2.24, 2.45) is 5.92 Å². The maximum atomic E-state index is 11.2. The van der Waals surface area contributed by atoms with Crippen LogP contribution in [0.15, 0.2) is 12.4 Å². The van der Waals surface area contributed by atoms with E-state index >= 15 is 0 Å². The number of hydrogen-bond donors (Lipinski definition) is 2. The molecular weight excluding hydrogens is 244 g/mol. The summed E-state index contributed by atoms with van der Waals surface area (Å²) < 4.78 is 0. The summed E-state index contributed by atoms with van der Waals surface area (Å²) in [5.74, 6) is -0.0971. The Morgan fingerprint density at radius 1 is 1.42 bits per heavy atom. The second kappa shape index (κ2) is 7.04. The number of nitrogens with zero attached hydrogens (tertiary/aromatic N) is 3. The minimum atomic E-state index is -0.819. The smallest absolute Gasteiger partial charge is 0.320 e. The zero-order chi connectivity index (χ0) is 14.4. The van der Waals surface area contributed by atoms with Crippen molar-refractivity contribution in [2.45, 2.75) is 32.9 Å². The van der Waals surface area contributed by atoms with E-state index in [2.05, 4.69) is 15.3 Å². The van der Waals surface area contributed by atoms with Crippen molar-refractivity contribution in [1.82, 2.24) is 15.3 Å². The summed E-state index contributed by atoms with van der Waals surface area (Å²) in [6.45, 7) is 4.36. The molecule has 1 rings (SSSR count). The summed E-state index contributed by atoms with van der Waals surface area (Å²) in [5.41, 5.74) is 0.875. The van der Waals surface area contributed by atoms with Gasteiger partial charge in [0.2, 0.25) is 5.95 Å². The normalized spacial score (nSPS) is 13.9. The first-order valence-corrected chi connectivity index (χ1v) is 6.40. The van der Waals surface area contributed by atoms with Crippen molar-refractivity contribution in [3.63, 3.8) is 0 Å². The number of hydrogen-bond acceptors (Lipinski definition) is 5. The van der Waals surface area contributed by atoms with Crippen molar-refractivity contribution in [3.8, 4) is 0 Å². The summed E-state index contributed by atoms with van der Waals surface area (Å²) >= 11 is 0. The lowest BCUT2D eigenvalue weighted by Crippen LogP contribution is -2.41. The fraction of sp³-hybridized carbons (Fsp3) is 0.615. The molecule has 0 saturated heterocycles. The number of rotatable bonds is 7. The Hall–Kier alpha value is -1.69. The Kier molecular flexibility index (Phi) is 5.69. The fourth-order valence-electron chi connectivity index (χ4n) is 1.67. The predicted octanol–water partition coefficient (Wildman–Crippen LogP) is 1.13. The van der Waals surface area contributed by atoms with E-state index in [1.165, 1.54) is 0 Å². The minimum Gasteiger partial charge on any atom is -0.480 e. The molecule has 0 spiro atoms. The van der Waals surface area contributed by atoms with E-state index in [0.29, 0.717) is 12.5 Å². The van der Waals surface area contributed by atoms with Gasteiger partial charge >= 0.3 is 5.97 Å². The molecule has 19 heavy (non-hydrogen) atoms. The quantitative estimate of drug-likeness (QED) is 0.770. The zero-order valence-electron chi connectivity index (χ0n) is 11.9. The van der Waals surface area contributed by atoms with Gasteiger partial charge in [-0.05, 0) is 5.92 Å². The number of carbonyl (C=O) groups is 1. The van der Waals surface area contributed by atoms with Gasteiger partial charge in [0.1, 0.15) is 6.04 Å². The molecule has 0 unspecified atom stereocenters. The molecular formula is C13H22N4O2. The molecule has 0 radical (unpaired) electrons. The Morgan fingerprint density at radius 3 is 2.42 bits per heavy atom. The van der Waals surface area contributed by atoms with Crippen LogP contribution in [0.2, 0.25) is 0 Å². The average Bonchev–Trinajstić information content (AvgIpc) is 2.38. The molecule has 0 bridgehead atoms. The SMILES string of the molecule is CC[C@H](C)[C@@H](NCc1cnc(N(C)C)nc1)C(=O)O. The number of nitrogens with one attached hydrogen (secondary N) is 1. The number of aromatic nitrogens is 2. The van der Waals surface area contributed by atoms with E-state index in [-0.39, 0.29) is 5.92 Å². The third-order valence-electron chi connectivity index (χ3n) is 3.10. The van der Waals surface area contributed by atoms with Crippen molar-refractivity contribution in [3.05, 3.63) is 18.0 Å². The van der Waals surface area contributed by atoms with Crippen molar-refractivity contribution in [1.29, 1.82) is 0 Å². The molecule has 2 N–H and O–H groups in total. The molecule has 0 amide bonds. The molecule has 1 aromatic heterocycles. The van der Waals surface area contributed by atoms with Crippen LogP contribution < -0.4 is 10.2 Å². The first-order chi connectivity index (χ1) is 8.95. The van der Waals surface area contributed by atoms with Crippen LogP contribution in [-0.4, -0.2) is 41.2 Å². The summed E-state index contributed by atoms with van der Waals surface area (Å²) in [6, 6.07) is -0.543. The lowest BCUT2D eigenvalue weighted by molar-refractivity contribution is -0.140. The van der Waals surface area contributed by atoms with Crippen LogP contribution in [0, 0.1) is 5.92 Å². The first kappa shape index (κ1) is 15.4. The van der Waals surface area contributed by atoms with Gasteiger partial charge in [0.05, 0.1) is 0 Å². The van der Waals surface area contributed by atoms with Gasteiger partial charge in [0.25, 0.3) is 0 Å². The Labute approximate surface area is 113 Å². The summed E-state index contributed by atoms with van der Waals surface area (Å²) in [7, 11) is 3.74. The third-order valence-corrected chi connectivity index (χ3v) is 3.10. The second-order valence-electron chi connectivity index (χ2n) is 4.87. The lowest BCUT2D eigenvalue weighted by Gasteiger charge is -2.20. The molecule has 0 aliphatic rings. The molecule has 0 aromatic carbocycles. The highest BCUT2D eigenvalue weighted by Crippen LogP contribution is 2.09. The third kappa shape index (κ3) is 4.48. The van der Waals surface area contributed by atoms with Crippen molar-refractivity contribution < 1.29 is 9.90 Å². The Morgan fingerprint density at radius 2 is 2.00 bits per heavy atom. The van der Waals surface area contributed by atoms with Gasteiger partial charge in [-0.2, -0.15) is 0 Å². The fourth-order valence-corrected chi connectivity index (χ4v) is 1.67. The Balaban J connectivity index is 2.61. The molecule has 0 fully saturated rings. The van der Waals surface area contributed by atoms with Crippen LogP contribution in [0.4, 0.5) is 5.95 Å². The van der Waals surface area contributed by atoms with Crippen molar-refractivity contribution >= 4 is 11.9 Å². The first-order valence-electron chi connectivity index (χ1n) is 6.40. The number of aliphatic carboxylic acids is 1. The van der Waals surface area contributed by atoms with E-state index in [9.17, 15) is 4.79 Å². The van der Waals surface area contributed by atoms with Crippen LogP contribution in [0.25, 0.3) is 0 Å². The summed E-state index contributed by atoms with van der Waals surface area (Å²) in [4.78, 5) is 21.4. The molecule has 0 saturated carbocycles. The maximum Gasteiger partial charge on any atom is 0.320 e. The zero-order valence-corrected chi connectivity index (χ0v) is 11.9. The van der Waals surface area contributed by atoms with E-state index in [0.717, 1.165) is 12.0 Å². The molecule has 1 heterocycles. The van der Waals surface area contributed by atoms with Gasteiger partial charge in [-0.1, -0.05) is 20.3 Å². The summed E-state index contributed by atoms with van der Waals surface area (Å²) in [5, 5.41) is 12.2. The molecule has 1 aromatic rings. The highest BCUT2D eigenvalue weighted by atomic mass is 16.4. The number of anilines is 1. The van der Waals surface area contributed by atoms with Gasteiger partial charge < -0.3 is 10.0 Å². The highest BCUT2D eigenvalue weighted by Gasteiger charge is 2.22. The Bertz CT molecular complexity index is 406. The van der Waals surface area contributed by atoms with Crippen LogP contribution in [0.3, 0.4) is 0 Å². The maximum absolute atomic E-state index is 11.2. The van der Waals surface area contributed by atoms with Gasteiger partial charge in [-0.25, -0.2) is 9.97 Å². The standard InChI is InChI=1S/C13H22N4O2/c1-5-9(2)11(12(18)19)14-6-10-7-15-13(16-8-10)17(3)4/h7-9,11,14H,5-6H2,1-4H3,(H,18,19)/t9-,11+/m0/s1. The largest absolute Gasteiger partial charge is 0.480 e. The van der Waals surface area contributed by atoms with Gasteiger partial charge in [0, 0.05) is 38.6 Å². The topological polar surface area (TPSA) is 78.4 Å². The average molecular weight is 266 g/mol. The van der Waals surface area contributed by atoms with E-state index in [1.807, 2.05) is 32.8 Å². The minimum absolute atomic E-state index is 0.0828. The molecule has 106 valence electrons. The number of carboxylic acids is 1. The highest BCUT2D eigenvalue weighted by molar-refractivity contribution is 5.73. The van der Waals surface area contributed by atoms with Crippen LogP contribution in [0.1, 0.15) is 25.8 Å². The van der Waals surface area contributed by atoms with Gasteiger partial charge in [-0.15, -0.1) is 0 Å². The van der Waals surface area contributed by atoms with Crippen LogP contribution in [0.5, 0.6) is 0 Å². The molecule has 6 heteroatoms. The van der Waals surface area contributed by atoms with E-state index in [4.69, 9.17) is 5.11 Å². The van der Waals surface area contributed by atoms with E-state index in [1.54, 1.807) is 12.4 Å².